The molecule has 24 heavy (non-hydrogen) atoms. The number of carbonyl (C=O) groups is 2. The number of hydrogen-bond acceptors (Lipinski definition) is 4. The Morgan fingerprint density at radius 2 is 1.83 bits per heavy atom. The summed E-state index contributed by atoms with van der Waals surface area (Å²) in [6, 6.07) is 5.10. The van der Waals surface area contributed by atoms with Gasteiger partial charge in [-0.15, -0.1) is 0 Å². The standard InChI is InChI=1S/C18H24N2O4/c1-13(21)19-15(18(22)20-8-4-2-3-5-9-20)10-14-6-7-16-17(11-14)24-12-23-16/h6-7,11,15H,2-5,8-10,12H2,1H3,(H,19,21). The van der Waals surface area contributed by atoms with Crippen LogP contribution in [0.3, 0.4) is 0 Å². The Morgan fingerprint density at radius 3 is 2.54 bits per heavy atom. The molecule has 3 rings (SSSR count). The van der Waals surface area contributed by atoms with Gasteiger partial charge in [-0.1, -0.05) is 18.9 Å². The van der Waals surface area contributed by atoms with Crippen molar-refractivity contribution in [2.24, 2.45) is 0 Å². The zero-order valence-electron chi connectivity index (χ0n) is 14.0. The minimum Gasteiger partial charge on any atom is -0.454 e. The van der Waals surface area contributed by atoms with E-state index in [2.05, 4.69) is 5.32 Å². The minimum absolute atomic E-state index is 0.00441. The molecule has 1 aromatic carbocycles. The number of nitrogens with one attached hydrogen (secondary N) is 1. The highest BCUT2D eigenvalue weighted by atomic mass is 16.7. The lowest BCUT2D eigenvalue weighted by atomic mass is 10.0. The van der Waals surface area contributed by atoms with Crippen molar-refractivity contribution in [3.8, 4) is 11.5 Å². The van der Waals surface area contributed by atoms with Crippen LogP contribution >= 0.6 is 0 Å². The number of hydrogen-bond donors (Lipinski definition) is 1. The van der Waals surface area contributed by atoms with Gasteiger partial charge in [0.1, 0.15) is 6.04 Å². The lowest BCUT2D eigenvalue weighted by Crippen LogP contribution is -2.49. The molecule has 0 aromatic heterocycles. The number of fused-ring (bicyclic) bond motifs is 1. The van der Waals surface area contributed by atoms with Crippen molar-refractivity contribution in [2.45, 2.75) is 45.1 Å². The van der Waals surface area contributed by atoms with E-state index in [1.54, 1.807) is 0 Å². The number of benzene rings is 1. The Kier molecular flexibility index (Phi) is 5.23. The van der Waals surface area contributed by atoms with Crippen LogP contribution in [0.5, 0.6) is 11.5 Å². The van der Waals surface area contributed by atoms with Gasteiger partial charge in [-0.25, -0.2) is 0 Å². The highest BCUT2D eigenvalue weighted by Gasteiger charge is 2.26. The first-order valence-electron chi connectivity index (χ1n) is 8.58. The van der Waals surface area contributed by atoms with Gasteiger partial charge in [-0.05, 0) is 30.5 Å². The first kappa shape index (κ1) is 16.6. The summed E-state index contributed by atoms with van der Waals surface area (Å²) in [6.07, 6.45) is 4.84. The van der Waals surface area contributed by atoms with Gasteiger partial charge in [-0.2, -0.15) is 0 Å². The summed E-state index contributed by atoms with van der Waals surface area (Å²) < 4.78 is 10.7. The quantitative estimate of drug-likeness (QED) is 0.914. The molecule has 0 aliphatic carbocycles. The van der Waals surface area contributed by atoms with Crippen molar-refractivity contribution < 1.29 is 19.1 Å². The van der Waals surface area contributed by atoms with Gasteiger partial charge in [0.05, 0.1) is 0 Å². The van der Waals surface area contributed by atoms with Crippen LogP contribution < -0.4 is 14.8 Å². The summed E-state index contributed by atoms with van der Waals surface area (Å²) in [6.45, 7) is 3.22. The molecule has 2 heterocycles. The average Bonchev–Trinajstić information content (AvgIpc) is 2.85. The van der Waals surface area contributed by atoms with E-state index in [4.69, 9.17) is 9.47 Å². The number of rotatable bonds is 4. The normalized spacial score (nSPS) is 18.0. The molecule has 1 saturated heterocycles. The fraction of sp³-hybridized carbons (Fsp3) is 0.556. The van der Waals surface area contributed by atoms with E-state index in [0.717, 1.165) is 44.3 Å². The smallest absolute Gasteiger partial charge is 0.245 e. The molecule has 2 aliphatic heterocycles. The summed E-state index contributed by atoms with van der Waals surface area (Å²) in [5, 5.41) is 2.81. The molecule has 1 N–H and O–H groups in total. The van der Waals surface area contributed by atoms with Crippen LogP contribution in [0.25, 0.3) is 0 Å². The van der Waals surface area contributed by atoms with Crippen molar-refractivity contribution >= 4 is 11.8 Å². The predicted molar refractivity (Wildman–Crippen MR) is 88.9 cm³/mol. The Bertz CT molecular complexity index is 609. The molecule has 0 spiro atoms. The van der Waals surface area contributed by atoms with Gasteiger partial charge in [0.15, 0.2) is 11.5 Å². The fourth-order valence-electron chi connectivity index (χ4n) is 3.26. The minimum atomic E-state index is -0.541. The third-order valence-corrected chi connectivity index (χ3v) is 4.47. The van der Waals surface area contributed by atoms with Crippen LogP contribution in [0.4, 0.5) is 0 Å². The number of nitrogens with zero attached hydrogens (tertiary/aromatic N) is 1. The monoisotopic (exact) mass is 332 g/mol. The molecule has 1 aromatic rings. The molecule has 0 radical (unpaired) electrons. The maximum atomic E-state index is 12.9. The predicted octanol–water partition coefficient (Wildman–Crippen LogP) is 1.87. The second-order valence-corrected chi connectivity index (χ2v) is 6.38. The second-order valence-electron chi connectivity index (χ2n) is 6.38. The van der Waals surface area contributed by atoms with Gasteiger partial charge < -0.3 is 19.7 Å². The fourth-order valence-corrected chi connectivity index (χ4v) is 3.26. The Balaban J connectivity index is 1.73. The molecule has 1 fully saturated rings. The molecule has 1 atom stereocenters. The third-order valence-electron chi connectivity index (χ3n) is 4.47. The molecular formula is C18H24N2O4. The van der Waals surface area contributed by atoms with Gasteiger partial charge in [0, 0.05) is 26.4 Å². The van der Waals surface area contributed by atoms with E-state index in [1.165, 1.54) is 6.92 Å². The van der Waals surface area contributed by atoms with Gasteiger partial charge >= 0.3 is 0 Å². The SMILES string of the molecule is CC(=O)NC(Cc1ccc2c(c1)OCO2)C(=O)N1CCCCCC1. The summed E-state index contributed by atoms with van der Waals surface area (Å²) in [7, 11) is 0. The zero-order valence-corrected chi connectivity index (χ0v) is 14.0. The van der Waals surface area contributed by atoms with E-state index >= 15 is 0 Å². The second kappa shape index (κ2) is 7.55. The van der Waals surface area contributed by atoms with Crippen LogP contribution in [-0.4, -0.2) is 42.6 Å². The Hall–Kier alpha value is -2.24. The molecule has 0 bridgehead atoms. The lowest BCUT2D eigenvalue weighted by molar-refractivity contribution is -0.136. The van der Waals surface area contributed by atoms with E-state index in [9.17, 15) is 9.59 Å². The molecule has 6 nitrogen and oxygen atoms in total. The van der Waals surface area contributed by atoms with Crippen molar-refractivity contribution in [3.05, 3.63) is 23.8 Å². The third kappa shape index (κ3) is 3.99. The van der Waals surface area contributed by atoms with Gasteiger partial charge in [0.25, 0.3) is 0 Å². The lowest BCUT2D eigenvalue weighted by Gasteiger charge is -2.26. The van der Waals surface area contributed by atoms with E-state index < -0.39 is 6.04 Å². The van der Waals surface area contributed by atoms with E-state index in [0.29, 0.717) is 17.9 Å². The van der Waals surface area contributed by atoms with E-state index in [1.807, 2.05) is 23.1 Å². The molecular weight excluding hydrogens is 308 g/mol. The van der Waals surface area contributed by atoms with Crippen molar-refractivity contribution in [2.75, 3.05) is 19.9 Å². The summed E-state index contributed by atoms with van der Waals surface area (Å²) in [4.78, 5) is 26.3. The van der Waals surface area contributed by atoms with Crippen molar-refractivity contribution in [1.82, 2.24) is 10.2 Å². The zero-order chi connectivity index (χ0) is 16.9. The maximum Gasteiger partial charge on any atom is 0.245 e. The van der Waals surface area contributed by atoms with Crippen LogP contribution in [-0.2, 0) is 16.0 Å². The van der Waals surface area contributed by atoms with Gasteiger partial charge in [-0.3, -0.25) is 9.59 Å². The van der Waals surface area contributed by atoms with Gasteiger partial charge in [0.2, 0.25) is 18.6 Å². The van der Waals surface area contributed by atoms with Crippen molar-refractivity contribution in [3.63, 3.8) is 0 Å². The summed E-state index contributed by atoms with van der Waals surface area (Å²) >= 11 is 0. The largest absolute Gasteiger partial charge is 0.454 e. The summed E-state index contributed by atoms with van der Waals surface area (Å²) in [5.41, 5.74) is 0.946. The van der Waals surface area contributed by atoms with Crippen LogP contribution in [0, 0.1) is 0 Å². The molecule has 1 unspecified atom stereocenters. The first-order valence-corrected chi connectivity index (χ1v) is 8.58. The highest BCUT2D eigenvalue weighted by molar-refractivity contribution is 5.87. The topological polar surface area (TPSA) is 67.9 Å². The summed E-state index contributed by atoms with van der Waals surface area (Å²) in [5.74, 6) is 1.22. The number of carbonyl (C=O) groups excluding carboxylic acids is 2. The number of likely N-dealkylation sites (tertiary alicyclic amines) is 1. The van der Waals surface area contributed by atoms with Crippen LogP contribution in [0.15, 0.2) is 18.2 Å². The molecule has 2 amide bonds. The van der Waals surface area contributed by atoms with E-state index in [-0.39, 0.29) is 18.6 Å². The first-order chi connectivity index (χ1) is 11.6. The Morgan fingerprint density at radius 1 is 1.12 bits per heavy atom. The van der Waals surface area contributed by atoms with Crippen LogP contribution in [0.2, 0.25) is 0 Å². The molecule has 6 heteroatoms. The molecule has 130 valence electrons. The maximum absolute atomic E-state index is 12.9. The average molecular weight is 332 g/mol. The molecule has 0 saturated carbocycles. The van der Waals surface area contributed by atoms with Crippen molar-refractivity contribution in [1.29, 1.82) is 0 Å². The highest BCUT2D eigenvalue weighted by Crippen LogP contribution is 2.32. The number of ether oxygens (including phenoxy) is 2. The molecule has 2 aliphatic rings. The van der Waals surface area contributed by atoms with Crippen LogP contribution in [0.1, 0.15) is 38.2 Å². The Labute approximate surface area is 142 Å². The number of amides is 2.